The van der Waals surface area contributed by atoms with Gasteiger partial charge in [0.2, 0.25) is 0 Å². The summed E-state index contributed by atoms with van der Waals surface area (Å²) in [6.07, 6.45) is 0. The summed E-state index contributed by atoms with van der Waals surface area (Å²) in [4.78, 5) is 15.5. The molecule has 0 saturated heterocycles. The van der Waals surface area contributed by atoms with E-state index in [0.717, 1.165) is 49.7 Å². The standard InChI is InChI=1S/C62H39N3/c1-3-16-40(17-4-1)42-20-13-22-47(37-42)59-63-60(48-23-14-21-43(38-48)41-18-5-2-6-19-41)65-61(64-59)49-35-33-44-36-46(34-32-45(44)39-49)50-27-15-31-57-58(50)53-26-9-12-30-56(53)62(57)54-28-10-7-24-51(54)52-25-8-11-29-55(52)62/h1-39H. The fourth-order valence-corrected chi connectivity index (χ4v) is 10.6. The van der Waals surface area contributed by atoms with Crippen LogP contribution in [0.15, 0.2) is 237 Å². The third-order valence-electron chi connectivity index (χ3n) is 13.5. The van der Waals surface area contributed by atoms with Gasteiger partial charge >= 0.3 is 0 Å². The van der Waals surface area contributed by atoms with Crippen LogP contribution in [0.2, 0.25) is 0 Å². The molecule has 65 heavy (non-hydrogen) atoms. The van der Waals surface area contributed by atoms with Gasteiger partial charge in [-0.05, 0) is 113 Å². The zero-order chi connectivity index (χ0) is 42.9. The molecule has 1 aromatic heterocycles. The van der Waals surface area contributed by atoms with Crippen LogP contribution in [-0.2, 0) is 5.41 Å². The summed E-state index contributed by atoms with van der Waals surface area (Å²) in [5.74, 6) is 1.89. The molecule has 2 aliphatic carbocycles. The maximum atomic E-state index is 5.19. The second kappa shape index (κ2) is 14.8. The van der Waals surface area contributed by atoms with Crippen molar-refractivity contribution in [3.8, 4) is 89.8 Å². The Morgan fingerprint density at radius 3 is 1.15 bits per heavy atom. The molecule has 1 heterocycles. The van der Waals surface area contributed by atoms with Crippen molar-refractivity contribution in [2.24, 2.45) is 0 Å². The van der Waals surface area contributed by atoms with Crippen molar-refractivity contribution in [3.05, 3.63) is 259 Å². The predicted octanol–water partition coefficient (Wildman–Crippen LogP) is 15.4. The SMILES string of the molecule is c1ccc(-c2cccc(-c3nc(-c4cccc(-c5ccccc5)c4)nc(-c4ccc5cc(-c6cccc7c6-c6ccccc6C76c7ccccc7-c7ccccc76)ccc5c4)n3)c2)cc1. The lowest BCUT2D eigenvalue weighted by Gasteiger charge is -2.30. The van der Waals surface area contributed by atoms with Crippen molar-refractivity contribution >= 4 is 10.8 Å². The minimum atomic E-state index is -0.380. The summed E-state index contributed by atoms with van der Waals surface area (Å²) in [7, 11) is 0. The van der Waals surface area contributed by atoms with E-state index in [9.17, 15) is 0 Å². The fourth-order valence-electron chi connectivity index (χ4n) is 10.6. The van der Waals surface area contributed by atoms with Crippen molar-refractivity contribution in [2.45, 2.75) is 5.41 Å². The zero-order valence-corrected chi connectivity index (χ0v) is 35.4. The Balaban J connectivity index is 0.933. The summed E-state index contributed by atoms with van der Waals surface area (Å²) in [6, 6.07) is 85.2. The van der Waals surface area contributed by atoms with Gasteiger partial charge in [0.05, 0.1) is 5.41 Å². The maximum absolute atomic E-state index is 5.19. The molecule has 0 N–H and O–H groups in total. The Morgan fingerprint density at radius 2 is 0.600 bits per heavy atom. The monoisotopic (exact) mass is 825 g/mol. The van der Waals surface area contributed by atoms with Gasteiger partial charge in [-0.1, -0.05) is 212 Å². The molecule has 0 unspecified atom stereocenters. The smallest absolute Gasteiger partial charge is 0.164 e. The third-order valence-corrected chi connectivity index (χ3v) is 13.5. The third kappa shape index (κ3) is 5.86. The molecule has 0 radical (unpaired) electrons. The van der Waals surface area contributed by atoms with Gasteiger partial charge in [-0.2, -0.15) is 0 Å². The normalized spacial score (nSPS) is 12.7. The molecule has 302 valence electrons. The highest BCUT2D eigenvalue weighted by molar-refractivity contribution is 6.01. The first-order valence-corrected chi connectivity index (χ1v) is 22.3. The van der Waals surface area contributed by atoms with E-state index >= 15 is 0 Å². The number of hydrogen-bond donors (Lipinski definition) is 0. The van der Waals surface area contributed by atoms with Crippen LogP contribution in [0.25, 0.3) is 101 Å². The predicted molar refractivity (Wildman–Crippen MR) is 266 cm³/mol. The lowest BCUT2D eigenvalue weighted by atomic mass is 9.70. The van der Waals surface area contributed by atoms with Gasteiger partial charge in [0.1, 0.15) is 0 Å². The van der Waals surface area contributed by atoms with E-state index in [-0.39, 0.29) is 5.41 Å². The number of benzene rings is 10. The summed E-state index contributed by atoms with van der Waals surface area (Å²) < 4.78 is 0. The lowest BCUT2D eigenvalue weighted by molar-refractivity contribution is 0.794. The van der Waals surface area contributed by atoms with Crippen molar-refractivity contribution in [1.82, 2.24) is 15.0 Å². The van der Waals surface area contributed by atoms with Crippen LogP contribution in [0.4, 0.5) is 0 Å². The maximum Gasteiger partial charge on any atom is 0.164 e. The minimum absolute atomic E-state index is 0.380. The second-order valence-electron chi connectivity index (χ2n) is 17.1. The number of aromatic nitrogens is 3. The van der Waals surface area contributed by atoms with Gasteiger partial charge in [-0.3, -0.25) is 0 Å². The average Bonchev–Trinajstić information content (AvgIpc) is 3.86. The first-order chi connectivity index (χ1) is 32.2. The topological polar surface area (TPSA) is 38.7 Å². The van der Waals surface area contributed by atoms with Crippen molar-refractivity contribution in [3.63, 3.8) is 0 Å². The Kier molecular flexibility index (Phi) is 8.44. The van der Waals surface area contributed by atoms with Crippen LogP contribution >= 0.6 is 0 Å². The summed E-state index contributed by atoms with van der Waals surface area (Å²) in [6.45, 7) is 0. The van der Waals surface area contributed by atoms with Gasteiger partial charge in [-0.15, -0.1) is 0 Å². The summed E-state index contributed by atoms with van der Waals surface area (Å²) in [5, 5.41) is 2.28. The number of rotatable bonds is 6. The molecule has 3 nitrogen and oxygen atoms in total. The minimum Gasteiger partial charge on any atom is -0.208 e. The fraction of sp³-hybridized carbons (Fsp3) is 0.0161. The first-order valence-electron chi connectivity index (χ1n) is 22.3. The molecule has 11 aromatic rings. The number of nitrogens with zero attached hydrogens (tertiary/aromatic N) is 3. The molecule has 0 atom stereocenters. The highest BCUT2D eigenvalue weighted by atomic mass is 15.0. The molecule has 1 spiro atoms. The Bertz CT molecular complexity index is 3520. The molecule has 0 amide bonds. The summed E-state index contributed by atoms with van der Waals surface area (Å²) in [5.41, 5.74) is 20.0. The molecule has 0 aliphatic heterocycles. The summed E-state index contributed by atoms with van der Waals surface area (Å²) >= 11 is 0. The Hall–Kier alpha value is -8.53. The largest absolute Gasteiger partial charge is 0.208 e. The molecule has 3 heteroatoms. The van der Waals surface area contributed by atoms with Crippen molar-refractivity contribution < 1.29 is 0 Å². The molecular weight excluding hydrogens is 787 g/mol. The average molecular weight is 826 g/mol. The highest BCUT2D eigenvalue weighted by Gasteiger charge is 2.51. The van der Waals surface area contributed by atoms with Crippen molar-refractivity contribution in [2.75, 3.05) is 0 Å². The van der Waals surface area contributed by atoms with E-state index < -0.39 is 0 Å². The number of hydrogen-bond acceptors (Lipinski definition) is 3. The Labute approximate surface area is 378 Å². The molecular formula is C62H39N3. The van der Waals surface area contributed by atoms with Crippen LogP contribution in [0.5, 0.6) is 0 Å². The molecule has 2 aliphatic rings. The van der Waals surface area contributed by atoms with E-state index in [2.05, 4.69) is 224 Å². The van der Waals surface area contributed by atoms with Gasteiger partial charge in [0.15, 0.2) is 17.5 Å². The van der Waals surface area contributed by atoms with E-state index in [1.807, 2.05) is 12.1 Å². The molecule has 0 fully saturated rings. The van der Waals surface area contributed by atoms with Gasteiger partial charge < -0.3 is 0 Å². The van der Waals surface area contributed by atoms with Crippen molar-refractivity contribution in [1.29, 1.82) is 0 Å². The van der Waals surface area contributed by atoms with Gasteiger partial charge in [0.25, 0.3) is 0 Å². The first kappa shape index (κ1) is 37.1. The van der Waals surface area contributed by atoms with Crippen LogP contribution in [-0.4, -0.2) is 15.0 Å². The van der Waals surface area contributed by atoms with Crippen LogP contribution < -0.4 is 0 Å². The van der Waals surface area contributed by atoms with Crippen LogP contribution in [0.1, 0.15) is 22.3 Å². The molecule has 0 saturated carbocycles. The quantitative estimate of drug-likeness (QED) is 0.168. The van der Waals surface area contributed by atoms with E-state index in [1.54, 1.807) is 0 Å². The van der Waals surface area contributed by atoms with E-state index in [1.165, 1.54) is 55.6 Å². The number of fused-ring (bicyclic) bond motifs is 11. The van der Waals surface area contributed by atoms with Crippen LogP contribution in [0, 0.1) is 0 Å². The molecule has 10 aromatic carbocycles. The van der Waals surface area contributed by atoms with E-state index in [0.29, 0.717) is 17.5 Å². The van der Waals surface area contributed by atoms with Crippen LogP contribution in [0.3, 0.4) is 0 Å². The lowest BCUT2D eigenvalue weighted by Crippen LogP contribution is -2.25. The second-order valence-corrected chi connectivity index (χ2v) is 17.1. The van der Waals surface area contributed by atoms with E-state index in [4.69, 9.17) is 15.0 Å². The zero-order valence-electron chi connectivity index (χ0n) is 35.4. The van der Waals surface area contributed by atoms with Gasteiger partial charge in [0, 0.05) is 16.7 Å². The molecule has 0 bridgehead atoms. The molecule has 13 rings (SSSR count). The highest BCUT2D eigenvalue weighted by Crippen LogP contribution is 2.64. The Morgan fingerprint density at radius 1 is 0.231 bits per heavy atom. The van der Waals surface area contributed by atoms with Gasteiger partial charge in [-0.25, -0.2) is 15.0 Å².